The fourth-order valence-electron chi connectivity index (χ4n) is 1.80. The van der Waals surface area contributed by atoms with Crippen LogP contribution in [0.3, 0.4) is 0 Å². The number of nitrogens with zero attached hydrogens (tertiary/aromatic N) is 3. The number of ether oxygens (including phenoxy) is 1. The molecule has 0 aliphatic rings. The van der Waals surface area contributed by atoms with Gasteiger partial charge in [-0.2, -0.15) is 4.98 Å². The van der Waals surface area contributed by atoms with Gasteiger partial charge in [-0.25, -0.2) is 19.1 Å². The molecule has 21 heavy (non-hydrogen) atoms. The summed E-state index contributed by atoms with van der Waals surface area (Å²) in [6.45, 7) is 2.58. The van der Waals surface area contributed by atoms with E-state index in [1.165, 1.54) is 11.7 Å². The van der Waals surface area contributed by atoms with E-state index in [0.717, 1.165) is 12.8 Å². The number of fused-ring (bicyclic) bond motifs is 1. The molecule has 8 heteroatoms. The number of hydrogen-bond donors (Lipinski definition) is 2. The Bertz CT molecular complexity index is 652. The van der Waals surface area contributed by atoms with E-state index in [2.05, 4.69) is 25.3 Å². The standard InChI is InChI=1S/C13H17N5O3/c1-3-4-7-15-12(19)18-9-6-5-8-14-10(9)16-11(18)17-13(20)21-2/h5-6,8H,3-4,7H2,1-2H3,(H,15,19)(H,14,16,17,20). The van der Waals surface area contributed by atoms with Crippen molar-refractivity contribution in [1.29, 1.82) is 0 Å². The van der Waals surface area contributed by atoms with E-state index in [-0.39, 0.29) is 12.0 Å². The molecule has 2 amide bonds. The Kier molecular flexibility index (Phi) is 4.70. The van der Waals surface area contributed by atoms with Crippen LogP contribution in [0.2, 0.25) is 0 Å². The first kappa shape index (κ1) is 14.8. The van der Waals surface area contributed by atoms with Crippen molar-refractivity contribution in [1.82, 2.24) is 19.9 Å². The maximum atomic E-state index is 12.3. The Morgan fingerprint density at radius 2 is 2.24 bits per heavy atom. The third-order valence-corrected chi connectivity index (χ3v) is 2.84. The Morgan fingerprint density at radius 3 is 2.95 bits per heavy atom. The summed E-state index contributed by atoms with van der Waals surface area (Å²) in [4.78, 5) is 31.8. The number of unbranched alkanes of at least 4 members (excludes halogenated alkanes) is 1. The molecule has 2 aromatic heterocycles. The van der Waals surface area contributed by atoms with Crippen molar-refractivity contribution in [3.8, 4) is 0 Å². The summed E-state index contributed by atoms with van der Waals surface area (Å²) in [6.07, 6.45) is 2.71. The number of carbonyl (C=O) groups excluding carboxylic acids is 2. The number of nitrogens with one attached hydrogen (secondary N) is 2. The van der Waals surface area contributed by atoms with Gasteiger partial charge in [0, 0.05) is 12.7 Å². The summed E-state index contributed by atoms with van der Waals surface area (Å²) >= 11 is 0. The van der Waals surface area contributed by atoms with Crippen LogP contribution in [0.4, 0.5) is 15.5 Å². The zero-order valence-corrected chi connectivity index (χ0v) is 11.9. The molecule has 0 spiro atoms. The number of carbonyl (C=O) groups is 2. The number of amides is 2. The van der Waals surface area contributed by atoms with Crippen molar-refractivity contribution in [3.05, 3.63) is 18.3 Å². The SMILES string of the molecule is CCCCNC(=O)n1c(NC(=O)OC)nc2ncccc21. The van der Waals surface area contributed by atoms with Crippen LogP contribution in [0.5, 0.6) is 0 Å². The molecule has 0 atom stereocenters. The molecule has 0 bridgehead atoms. The topological polar surface area (TPSA) is 98.1 Å². The highest BCUT2D eigenvalue weighted by Gasteiger charge is 2.18. The number of pyridine rings is 1. The van der Waals surface area contributed by atoms with E-state index in [0.29, 0.717) is 17.7 Å². The quantitative estimate of drug-likeness (QED) is 0.839. The maximum Gasteiger partial charge on any atom is 0.413 e. The highest BCUT2D eigenvalue weighted by molar-refractivity contribution is 5.95. The molecule has 0 saturated heterocycles. The second kappa shape index (κ2) is 6.69. The predicted octanol–water partition coefficient (Wildman–Crippen LogP) is 1.97. The lowest BCUT2D eigenvalue weighted by atomic mass is 10.3. The van der Waals surface area contributed by atoms with Crippen molar-refractivity contribution < 1.29 is 14.3 Å². The van der Waals surface area contributed by atoms with Gasteiger partial charge in [0.05, 0.1) is 12.6 Å². The summed E-state index contributed by atoms with van der Waals surface area (Å²) < 4.78 is 5.80. The first-order valence-electron chi connectivity index (χ1n) is 6.64. The third-order valence-electron chi connectivity index (χ3n) is 2.84. The summed E-state index contributed by atoms with van der Waals surface area (Å²) in [5.74, 6) is 0.0737. The fraction of sp³-hybridized carbons (Fsp3) is 0.385. The molecule has 0 aliphatic carbocycles. The van der Waals surface area contributed by atoms with Gasteiger partial charge in [-0.1, -0.05) is 13.3 Å². The molecule has 0 aromatic carbocycles. The highest BCUT2D eigenvalue weighted by atomic mass is 16.5. The minimum absolute atomic E-state index is 0.0737. The first-order valence-corrected chi connectivity index (χ1v) is 6.64. The average molecular weight is 291 g/mol. The van der Waals surface area contributed by atoms with Gasteiger partial charge in [0.1, 0.15) is 0 Å². The van der Waals surface area contributed by atoms with Crippen LogP contribution in [0.15, 0.2) is 18.3 Å². The zero-order chi connectivity index (χ0) is 15.2. The molecular formula is C13H17N5O3. The van der Waals surface area contributed by atoms with E-state index in [9.17, 15) is 9.59 Å². The second-order valence-corrected chi connectivity index (χ2v) is 4.32. The van der Waals surface area contributed by atoms with Crippen molar-refractivity contribution in [2.24, 2.45) is 0 Å². The van der Waals surface area contributed by atoms with Crippen molar-refractivity contribution >= 4 is 29.2 Å². The van der Waals surface area contributed by atoms with Gasteiger partial charge >= 0.3 is 12.1 Å². The predicted molar refractivity (Wildman–Crippen MR) is 77.3 cm³/mol. The smallest absolute Gasteiger partial charge is 0.413 e. The second-order valence-electron chi connectivity index (χ2n) is 4.32. The van der Waals surface area contributed by atoms with Crippen LogP contribution in [0, 0.1) is 0 Å². The van der Waals surface area contributed by atoms with Gasteiger partial charge in [-0.3, -0.25) is 5.32 Å². The largest absolute Gasteiger partial charge is 0.453 e. The van der Waals surface area contributed by atoms with Crippen LogP contribution >= 0.6 is 0 Å². The first-order chi connectivity index (χ1) is 10.2. The Labute approximate surface area is 121 Å². The Hall–Kier alpha value is -2.64. The molecule has 2 heterocycles. The molecule has 2 rings (SSSR count). The lowest BCUT2D eigenvalue weighted by molar-refractivity contribution is 0.186. The number of rotatable bonds is 4. The van der Waals surface area contributed by atoms with Crippen molar-refractivity contribution in [2.45, 2.75) is 19.8 Å². The van der Waals surface area contributed by atoms with Crippen LogP contribution in [-0.2, 0) is 4.74 Å². The number of imidazole rings is 1. The van der Waals surface area contributed by atoms with E-state index >= 15 is 0 Å². The number of hydrogen-bond acceptors (Lipinski definition) is 5. The van der Waals surface area contributed by atoms with E-state index in [4.69, 9.17) is 0 Å². The molecule has 8 nitrogen and oxygen atoms in total. The lowest BCUT2D eigenvalue weighted by Crippen LogP contribution is -2.31. The summed E-state index contributed by atoms with van der Waals surface area (Å²) in [5.41, 5.74) is 0.882. The molecule has 2 N–H and O–H groups in total. The van der Waals surface area contributed by atoms with Gasteiger partial charge in [0.15, 0.2) is 5.65 Å². The molecule has 112 valence electrons. The molecule has 0 aliphatic heterocycles. The number of aromatic nitrogens is 3. The average Bonchev–Trinajstić information content (AvgIpc) is 2.85. The maximum absolute atomic E-state index is 12.3. The fourth-order valence-corrected chi connectivity index (χ4v) is 1.80. The summed E-state index contributed by atoms with van der Waals surface area (Å²) in [6, 6.07) is 3.03. The molecular weight excluding hydrogens is 274 g/mol. The Morgan fingerprint density at radius 1 is 1.43 bits per heavy atom. The lowest BCUT2D eigenvalue weighted by Gasteiger charge is -2.09. The molecule has 0 radical (unpaired) electrons. The van der Waals surface area contributed by atoms with Gasteiger partial charge in [-0.15, -0.1) is 0 Å². The van der Waals surface area contributed by atoms with Gasteiger partial charge in [0.2, 0.25) is 5.95 Å². The van der Waals surface area contributed by atoms with Crippen molar-refractivity contribution in [3.63, 3.8) is 0 Å². The van der Waals surface area contributed by atoms with E-state index < -0.39 is 6.09 Å². The molecule has 0 fully saturated rings. The Balaban J connectivity index is 2.35. The van der Waals surface area contributed by atoms with E-state index in [1.54, 1.807) is 18.3 Å². The minimum Gasteiger partial charge on any atom is -0.453 e. The van der Waals surface area contributed by atoms with Crippen LogP contribution < -0.4 is 10.6 Å². The summed E-state index contributed by atoms with van der Waals surface area (Å²) in [7, 11) is 1.24. The van der Waals surface area contributed by atoms with Gasteiger partial charge in [0.25, 0.3) is 0 Å². The normalized spacial score (nSPS) is 10.4. The molecule has 2 aromatic rings. The van der Waals surface area contributed by atoms with Crippen molar-refractivity contribution in [2.75, 3.05) is 19.0 Å². The van der Waals surface area contributed by atoms with Crippen LogP contribution in [-0.4, -0.2) is 40.3 Å². The van der Waals surface area contributed by atoms with Gasteiger partial charge in [-0.05, 0) is 18.6 Å². The number of anilines is 1. The minimum atomic E-state index is -0.701. The third kappa shape index (κ3) is 3.28. The highest BCUT2D eigenvalue weighted by Crippen LogP contribution is 2.17. The monoisotopic (exact) mass is 291 g/mol. The summed E-state index contributed by atoms with van der Waals surface area (Å²) in [5, 5.41) is 5.18. The van der Waals surface area contributed by atoms with E-state index in [1.807, 2.05) is 6.92 Å². The van der Waals surface area contributed by atoms with Gasteiger partial charge < -0.3 is 10.1 Å². The van der Waals surface area contributed by atoms with Crippen LogP contribution in [0.25, 0.3) is 11.2 Å². The number of methoxy groups -OCH3 is 1. The molecule has 0 saturated carbocycles. The van der Waals surface area contributed by atoms with Crippen LogP contribution in [0.1, 0.15) is 19.8 Å². The zero-order valence-electron chi connectivity index (χ0n) is 11.9. The molecule has 0 unspecified atom stereocenters.